The average Bonchev–Trinajstić information content (AvgIpc) is 2.95. The molecule has 0 aliphatic carbocycles. The number of benzene rings is 1. The third-order valence-corrected chi connectivity index (χ3v) is 4.47. The van der Waals surface area contributed by atoms with Gasteiger partial charge in [0.1, 0.15) is 5.75 Å². The van der Waals surface area contributed by atoms with Gasteiger partial charge < -0.3 is 25.0 Å². The zero-order valence-electron chi connectivity index (χ0n) is 15.2. The van der Waals surface area contributed by atoms with E-state index >= 15 is 0 Å². The van der Waals surface area contributed by atoms with Gasteiger partial charge in [-0.2, -0.15) is 0 Å². The minimum absolute atomic E-state index is 0.0390. The molecule has 0 fully saturated rings. The largest absolute Gasteiger partial charge is 0.494 e. The summed E-state index contributed by atoms with van der Waals surface area (Å²) in [6.07, 6.45) is 0.773. The maximum absolute atomic E-state index is 12.9. The van der Waals surface area contributed by atoms with Gasteiger partial charge in [0.15, 0.2) is 0 Å². The van der Waals surface area contributed by atoms with Crippen LogP contribution in [-0.4, -0.2) is 49.7 Å². The van der Waals surface area contributed by atoms with Crippen LogP contribution in [0.25, 0.3) is 0 Å². The first kappa shape index (κ1) is 18.3. The average molecular weight is 359 g/mol. The predicted octanol–water partition coefficient (Wildman–Crippen LogP) is 1.96. The Morgan fingerprint density at radius 1 is 1.15 bits per heavy atom. The summed E-state index contributed by atoms with van der Waals surface area (Å²) in [7, 11) is 0. The third kappa shape index (κ3) is 3.83. The number of carbonyl (C=O) groups is 2. The van der Waals surface area contributed by atoms with Gasteiger partial charge in [0.25, 0.3) is 5.91 Å². The van der Waals surface area contributed by atoms with Gasteiger partial charge in [-0.05, 0) is 38.0 Å². The van der Waals surface area contributed by atoms with Gasteiger partial charge in [-0.3, -0.25) is 4.79 Å². The highest BCUT2D eigenvalue weighted by atomic mass is 16.5. The number of ether oxygens (including phenoxy) is 2. The molecule has 1 aromatic carbocycles. The fourth-order valence-corrected chi connectivity index (χ4v) is 3.28. The number of urea groups is 1. The fraction of sp³-hybridized carbons (Fsp3) is 0.474. The number of nitrogens with zero attached hydrogens (tertiary/aromatic N) is 1. The van der Waals surface area contributed by atoms with Crippen molar-refractivity contribution in [3.05, 3.63) is 41.1 Å². The molecule has 0 spiro atoms. The normalized spacial score (nSPS) is 19.3. The van der Waals surface area contributed by atoms with Gasteiger partial charge >= 0.3 is 6.03 Å². The van der Waals surface area contributed by atoms with Gasteiger partial charge in [0, 0.05) is 19.8 Å². The van der Waals surface area contributed by atoms with Crippen LogP contribution in [0.4, 0.5) is 4.79 Å². The molecule has 2 aliphatic heterocycles. The molecule has 0 aromatic heterocycles. The molecule has 3 amide bonds. The molecule has 0 bridgehead atoms. The predicted molar refractivity (Wildman–Crippen MR) is 96.7 cm³/mol. The van der Waals surface area contributed by atoms with Crippen LogP contribution in [0.2, 0.25) is 0 Å². The number of hydrogen-bond acceptors (Lipinski definition) is 4. The molecular formula is C19H25N3O4. The zero-order chi connectivity index (χ0) is 18.5. The first-order valence-corrected chi connectivity index (χ1v) is 9.04. The number of carbonyl (C=O) groups excluding carboxylic acids is 2. The Hall–Kier alpha value is -2.54. The Morgan fingerprint density at radius 3 is 2.62 bits per heavy atom. The number of rotatable bonds is 8. The van der Waals surface area contributed by atoms with Crippen LogP contribution in [0, 0.1) is 0 Å². The summed E-state index contributed by atoms with van der Waals surface area (Å²) < 4.78 is 10.8. The number of hydrogen-bond donors (Lipinski definition) is 2. The summed E-state index contributed by atoms with van der Waals surface area (Å²) in [5.41, 5.74) is 2.17. The minimum atomic E-state index is -0.446. The quantitative estimate of drug-likeness (QED) is 0.696. The first-order chi connectivity index (χ1) is 12.6. The Bertz CT molecular complexity index is 699. The van der Waals surface area contributed by atoms with Crippen molar-refractivity contribution in [1.82, 2.24) is 15.5 Å². The van der Waals surface area contributed by atoms with E-state index in [1.807, 2.05) is 38.1 Å². The second kappa shape index (κ2) is 8.23. The topological polar surface area (TPSA) is 79.9 Å². The minimum Gasteiger partial charge on any atom is -0.494 e. The van der Waals surface area contributed by atoms with Gasteiger partial charge in [-0.25, -0.2) is 4.79 Å². The van der Waals surface area contributed by atoms with Crippen molar-refractivity contribution in [3.8, 4) is 5.75 Å². The molecule has 140 valence electrons. The van der Waals surface area contributed by atoms with Gasteiger partial charge in [-0.1, -0.05) is 12.1 Å². The van der Waals surface area contributed by atoms with Crippen LogP contribution < -0.4 is 15.4 Å². The zero-order valence-corrected chi connectivity index (χ0v) is 15.2. The monoisotopic (exact) mass is 359 g/mol. The molecule has 2 N–H and O–H groups in total. The molecule has 2 aliphatic rings. The van der Waals surface area contributed by atoms with E-state index in [4.69, 9.17) is 9.47 Å². The number of nitrogens with one attached hydrogen (secondary N) is 2. The standard InChI is InChI=1S/C19H25N3O4/c1-3-25-11-5-10-22-12-15-16(18(22)23)17(21-19(24)20-15)13-6-8-14(9-7-13)26-4-2/h6-9,17H,3-5,10-12H2,1-2H3,(H2,20,21,24). The van der Waals surface area contributed by atoms with Crippen molar-refractivity contribution in [3.63, 3.8) is 0 Å². The van der Waals surface area contributed by atoms with Crippen LogP contribution in [0.15, 0.2) is 35.5 Å². The molecule has 1 atom stereocenters. The molecular weight excluding hydrogens is 334 g/mol. The number of amides is 3. The lowest BCUT2D eigenvalue weighted by Gasteiger charge is -2.25. The molecule has 0 saturated carbocycles. The van der Waals surface area contributed by atoms with E-state index in [1.54, 1.807) is 4.90 Å². The lowest BCUT2D eigenvalue weighted by Crippen LogP contribution is -2.44. The van der Waals surface area contributed by atoms with Crippen LogP contribution in [0.3, 0.4) is 0 Å². The molecule has 0 radical (unpaired) electrons. The Balaban J connectivity index is 1.75. The highest BCUT2D eigenvalue weighted by molar-refractivity contribution is 6.01. The molecule has 0 saturated heterocycles. The Morgan fingerprint density at radius 2 is 1.92 bits per heavy atom. The summed E-state index contributed by atoms with van der Waals surface area (Å²) >= 11 is 0. The van der Waals surface area contributed by atoms with Gasteiger partial charge in [0.05, 0.1) is 30.5 Å². The molecule has 26 heavy (non-hydrogen) atoms. The Kier molecular flexibility index (Phi) is 5.78. The van der Waals surface area contributed by atoms with Crippen molar-refractivity contribution in [2.24, 2.45) is 0 Å². The van der Waals surface area contributed by atoms with Crippen molar-refractivity contribution in [2.45, 2.75) is 26.3 Å². The molecule has 2 heterocycles. The first-order valence-electron chi connectivity index (χ1n) is 9.04. The van der Waals surface area contributed by atoms with Gasteiger partial charge in [-0.15, -0.1) is 0 Å². The highest BCUT2D eigenvalue weighted by Gasteiger charge is 2.40. The summed E-state index contributed by atoms with van der Waals surface area (Å²) in [6.45, 7) is 6.80. The molecule has 1 aromatic rings. The van der Waals surface area contributed by atoms with Crippen molar-refractivity contribution in [1.29, 1.82) is 0 Å². The van der Waals surface area contributed by atoms with Crippen molar-refractivity contribution < 1.29 is 19.1 Å². The van der Waals surface area contributed by atoms with E-state index < -0.39 is 6.04 Å². The Labute approximate surface area is 153 Å². The van der Waals surface area contributed by atoms with Crippen LogP contribution in [-0.2, 0) is 9.53 Å². The molecule has 3 rings (SSSR count). The third-order valence-electron chi connectivity index (χ3n) is 4.47. The summed E-state index contributed by atoms with van der Waals surface area (Å²) in [6, 6.07) is 6.75. The SMILES string of the molecule is CCOCCCN1CC2=C(C1=O)C(c1ccc(OCC)cc1)NC(=O)N2. The van der Waals surface area contributed by atoms with Crippen LogP contribution >= 0.6 is 0 Å². The van der Waals surface area contributed by atoms with E-state index in [9.17, 15) is 9.59 Å². The van der Waals surface area contributed by atoms with Gasteiger partial charge in [0.2, 0.25) is 0 Å². The summed E-state index contributed by atoms with van der Waals surface area (Å²) in [5, 5.41) is 5.64. The second-order valence-corrected chi connectivity index (χ2v) is 6.20. The highest BCUT2D eigenvalue weighted by Crippen LogP contribution is 2.33. The van der Waals surface area contributed by atoms with E-state index in [0.29, 0.717) is 44.2 Å². The van der Waals surface area contributed by atoms with E-state index in [2.05, 4.69) is 10.6 Å². The maximum atomic E-state index is 12.9. The van der Waals surface area contributed by atoms with Crippen molar-refractivity contribution >= 4 is 11.9 Å². The van der Waals surface area contributed by atoms with Crippen LogP contribution in [0.1, 0.15) is 31.9 Å². The van der Waals surface area contributed by atoms with Crippen LogP contribution in [0.5, 0.6) is 5.75 Å². The fourth-order valence-electron chi connectivity index (χ4n) is 3.28. The lowest BCUT2D eigenvalue weighted by molar-refractivity contribution is -0.126. The molecule has 7 nitrogen and oxygen atoms in total. The molecule has 7 heteroatoms. The smallest absolute Gasteiger partial charge is 0.319 e. The maximum Gasteiger partial charge on any atom is 0.319 e. The lowest BCUT2D eigenvalue weighted by atomic mass is 9.96. The summed E-state index contributed by atoms with van der Waals surface area (Å²) in [4.78, 5) is 26.7. The summed E-state index contributed by atoms with van der Waals surface area (Å²) in [5.74, 6) is 0.726. The van der Waals surface area contributed by atoms with E-state index in [-0.39, 0.29) is 11.9 Å². The van der Waals surface area contributed by atoms with Crippen molar-refractivity contribution in [2.75, 3.05) is 32.9 Å². The molecule has 1 unspecified atom stereocenters. The van der Waals surface area contributed by atoms with E-state index in [1.165, 1.54) is 0 Å². The second-order valence-electron chi connectivity index (χ2n) is 6.20. The van der Waals surface area contributed by atoms with E-state index in [0.717, 1.165) is 17.7 Å².